The van der Waals surface area contributed by atoms with Gasteiger partial charge in [-0.15, -0.1) is 0 Å². The number of H-pyrrole nitrogens is 1. The number of aromatic amines is 1. The zero-order chi connectivity index (χ0) is 15.7. The van der Waals surface area contributed by atoms with Crippen molar-refractivity contribution in [1.29, 1.82) is 0 Å². The maximum atomic E-state index is 3.60. The van der Waals surface area contributed by atoms with Gasteiger partial charge in [0.05, 0.1) is 0 Å². The Labute approximate surface area is 143 Å². The summed E-state index contributed by atoms with van der Waals surface area (Å²) < 4.78 is 0. The lowest BCUT2D eigenvalue weighted by atomic mass is 9.95. The Kier molecular flexibility index (Phi) is 2.34. The summed E-state index contributed by atoms with van der Waals surface area (Å²) in [6.07, 6.45) is 0. The number of hydrogen-bond acceptors (Lipinski definition) is 1. The molecule has 0 spiro atoms. The van der Waals surface area contributed by atoms with Crippen molar-refractivity contribution in [1.82, 2.24) is 4.98 Å². The molecule has 1 aliphatic rings. The molecule has 0 radical (unpaired) electrons. The number of hydrogen-bond donors (Lipinski definition) is 1. The van der Waals surface area contributed by atoms with Gasteiger partial charge in [-0.2, -0.15) is 0 Å². The van der Waals surface area contributed by atoms with Crippen molar-refractivity contribution in [3.05, 3.63) is 72.8 Å². The van der Waals surface area contributed by atoms with Gasteiger partial charge in [-0.05, 0) is 34.7 Å². The van der Waals surface area contributed by atoms with E-state index in [0.717, 1.165) is 0 Å². The quantitative estimate of drug-likeness (QED) is 0.333. The zero-order valence-electron chi connectivity index (χ0n) is 12.8. The van der Waals surface area contributed by atoms with Crippen molar-refractivity contribution >= 4 is 44.3 Å². The van der Waals surface area contributed by atoms with Gasteiger partial charge in [0, 0.05) is 37.0 Å². The minimum absolute atomic E-state index is 1.21. The molecule has 0 saturated carbocycles. The van der Waals surface area contributed by atoms with Gasteiger partial charge in [-0.3, -0.25) is 0 Å². The van der Waals surface area contributed by atoms with Crippen LogP contribution >= 0.6 is 11.8 Å². The van der Waals surface area contributed by atoms with Crippen LogP contribution in [0.5, 0.6) is 0 Å². The van der Waals surface area contributed by atoms with E-state index in [2.05, 4.69) is 77.8 Å². The normalized spacial score (nSPS) is 12.8. The molecule has 4 aromatic carbocycles. The molecule has 0 bridgehead atoms. The van der Waals surface area contributed by atoms with Gasteiger partial charge in [0.2, 0.25) is 0 Å². The highest BCUT2D eigenvalue weighted by atomic mass is 32.2. The standard InChI is InChI=1S/C22H13NS/c1-3-10-17-15(7-1)21-16-9-5-8-14-13-6-2-4-11-19(13)24-20(22(14)16)12-18(21)23-17/h1-12,23H. The molecule has 0 atom stereocenters. The number of aromatic nitrogens is 1. The zero-order valence-corrected chi connectivity index (χ0v) is 13.7. The lowest BCUT2D eigenvalue weighted by Gasteiger charge is -2.20. The van der Waals surface area contributed by atoms with E-state index in [-0.39, 0.29) is 0 Å². The number of nitrogens with one attached hydrogen (secondary N) is 1. The molecule has 0 saturated heterocycles. The molecular weight excluding hydrogens is 310 g/mol. The van der Waals surface area contributed by atoms with Gasteiger partial charge in [0.25, 0.3) is 0 Å². The monoisotopic (exact) mass is 323 g/mol. The average Bonchev–Trinajstić information content (AvgIpc) is 3.00. The Morgan fingerprint density at radius 2 is 1.38 bits per heavy atom. The minimum atomic E-state index is 1.21. The molecule has 0 fully saturated rings. The van der Waals surface area contributed by atoms with Crippen molar-refractivity contribution in [2.75, 3.05) is 0 Å². The first kappa shape index (κ1) is 12.7. The highest BCUT2D eigenvalue weighted by molar-refractivity contribution is 7.99. The second-order valence-electron chi connectivity index (χ2n) is 6.29. The first-order chi connectivity index (χ1) is 11.9. The minimum Gasteiger partial charge on any atom is -0.354 e. The van der Waals surface area contributed by atoms with E-state index in [1.165, 1.54) is 53.5 Å². The number of para-hydroxylation sites is 1. The van der Waals surface area contributed by atoms with Crippen LogP contribution in [0, 0.1) is 0 Å². The van der Waals surface area contributed by atoms with Crippen LogP contribution in [0.15, 0.2) is 82.6 Å². The predicted octanol–water partition coefficient (Wildman–Crippen LogP) is 6.61. The number of rotatable bonds is 0. The van der Waals surface area contributed by atoms with E-state index in [1.54, 1.807) is 0 Å². The lowest BCUT2D eigenvalue weighted by molar-refractivity contribution is 1.40. The molecule has 24 heavy (non-hydrogen) atoms. The van der Waals surface area contributed by atoms with Gasteiger partial charge in [0.15, 0.2) is 0 Å². The molecule has 0 aliphatic carbocycles. The summed E-state index contributed by atoms with van der Waals surface area (Å²) in [4.78, 5) is 6.29. The van der Waals surface area contributed by atoms with Crippen molar-refractivity contribution < 1.29 is 0 Å². The third kappa shape index (κ3) is 1.51. The summed E-state index contributed by atoms with van der Waals surface area (Å²) in [5.41, 5.74) is 5.13. The molecular formula is C22H13NS. The maximum absolute atomic E-state index is 3.60. The van der Waals surface area contributed by atoms with E-state index in [9.17, 15) is 0 Å². The van der Waals surface area contributed by atoms with Gasteiger partial charge < -0.3 is 4.98 Å². The predicted molar refractivity (Wildman–Crippen MR) is 103 cm³/mol. The fourth-order valence-corrected chi connectivity index (χ4v) is 5.16. The summed E-state index contributed by atoms with van der Waals surface area (Å²) in [6, 6.07) is 26.3. The van der Waals surface area contributed by atoms with E-state index < -0.39 is 0 Å². The third-order valence-corrected chi connectivity index (χ3v) is 6.11. The van der Waals surface area contributed by atoms with Crippen LogP contribution in [0.25, 0.3) is 43.7 Å². The Morgan fingerprint density at radius 1 is 0.583 bits per heavy atom. The highest BCUT2D eigenvalue weighted by Gasteiger charge is 2.21. The molecule has 2 heterocycles. The Bertz CT molecular complexity index is 1280. The second kappa shape index (κ2) is 4.43. The molecule has 1 N–H and O–H groups in total. The molecule has 0 unspecified atom stereocenters. The van der Waals surface area contributed by atoms with Gasteiger partial charge >= 0.3 is 0 Å². The number of benzene rings is 4. The maximum Gasteiger partial charge on any atom is 0.0482 e. The lowest BCUT2D eigenvalue weighted by Crippen LogP contribution is -1.92. The fraction of sp³-hybridized carbons (Fsp3) is 0. The van der Waals surface area contributed by atoms with Crippen LogP contribution in [0.1, 0.15) is 0 Å². The van der Waals surface area contributed by atoms with E-state index in [0.29, 0.717) is 0 Å². The summed E-state index contributed by atoms with van der Waals surface area (Å²) >= 11 is 1.88. The van der Waals surface area contributed by atoms with Crippen LogP contribution in [0.2, 0.25) is 0 Å². The van der Waals surface area contributed by atoms with Crippen LogP contribution in [-0.2, 0) is 0 Å². The van der Waals surface area contributed by atoms with Crippen LogP contribution in [0.3, 0.4) is 0 Å². The summed E-state index contributed by atoms with van der Waals surface area (Å²) in [5.74, 6) is 0. The van der Waals surface area contributed by atoms with Crippen LogP contribution in [0.4, 0.5) is 0 Å². The van der Waals surface area contributed by atoms with Gasteiger partial charge in [-0.25, -0.2) is 0 Å². The van der Waals surface area contributed by atoms with Crippen LogP contribution < -0.4 is 0 Å². The van der Waals surface area contributed by atoms with Crippen molar-refractivity contribution in [2.45, 2.75) is 9.79 Å². The van der Waals surface area contributed by atoms with Crippen molar-refractivity contribution in [3.8, 4) is 11.1 Å². The Hall–Kier alpha value is -2.71. The Balaban J connectivity index is 1.89. The van der Waals surface area contributed by atoms with Crippen molar-refractivity contribution in [3.63, 3.8) is 0 Å². The fourth-order valence-electron chi connectivity index (χ4n) is 3.99. The van der Waals surface area contributed by atoms with Gasteiger partial charge in [-0.1, -0.05) is 66.4 Å². The second-order valence-corrected chi connectivity index (χ2v) is 7.38. The summed E-state index contributed by atoms with van der Waals surface area (Å²) in [7, 11) is 0. The van der Waals surface area contributed by atoms with E-state index in [4.69, 9.17) is 0 Å². The summed E-state index contributed by atoms with van der Waals surface area (Å²) in [6.45, 7) is 0. The molecule has 112 valence electrons. The molecule has 5 aromatic rings. The Morgan fingerprint density at radius 3 is 2.38 bits per heavy atom. The first-order valence-corrected chi connectivity index (χ1v) is 8.95. The van der Waals surface area contributed by atoms with Crippen molar-refractivity contribution in [2.24, 2.45) is 0 Å². The molecule has 6 rings (SSSR count). The van der Waals surface area contributed by atoms with E-state index >= 15 is 0 Å². The number of fused-ring (bicyclic) bond motifs is 6. The molecule has 0 amide bonds. The largest absolute Gasteiger partial charge is 0.354 e. The first-order valence-electron chi connectivity index (χ1n) is 8.13. The molecule has 1 nitrogen and oxygen atoms in total. The van der Waals surface area contributed by atoms with E-state index in [1.807, 2.05) is 11.8 Å². The third-order valence-electron chi connectivity index (χ3n) is 4.99. The SMILES string of the molecule is c1ccc2c(c1)Sc1cc3[nH]c4ccccc4c3c3cccc-2c13. The molecule has 1 aliphatic heterocycles. The molecule has 1 aromatic heterocycles. The summed E-state index contributed by atoms with van der Waals surface area (Å²) in [5, 5.41) is 5.38. The smallest absolute Gasteiger partial charge is 0.0482 e. The van der Waals surface area contributed by atoms with Crippen LogP contribution in [-0.4, -0.2) is 4.98 Å². The average molecular weight is 323 g/mol. The molecule has 2 heteroatoms. The highest BCUT2D eigenvalue weighted by Crippen LogP contribution is 2.50. The van der Waals surface area contributed by atoms with Gasteiger partial charge in [0.1, 0.15) is 0 Å². The topological polar surface area (TPSA) is 15.8 Å².